The van der Waals surface area contributed by atoms with Gasteiger partial charge in [-0.2, -0.15) is 4.72 Å². The second kappa shape index (κ2) is 3.69. The minimum atomic E-state index is -3.71. The molecule has 0 aliphatic heterocycles. The van der Waals surface area contributed by atoms with Crippen LogP contribution in [0.1, 0.15) is 5.76 Å². The van der Waals surface area contributed by atoms with Crippen molar-refractivity contribution in [1.29, 1.82) is 0 Å². The Bertz CT molecular complexity index is 449. The molecule has 0 saturated heterocycles. The van der Waals surface area contributed by atoms with Crippen molar-refractivity contribution in [2.75, 3.05) is 12.3 Å². The molecule has 0 radical (unpaired) electrons. The van der Waals surface area contributed by atoms with Gasteiger partial charge < -0.3 is 10.3 Å². The number of nitrogens with zero attached hydrogens (tertiary/aromatic N) is 1. The zero-order valence-corrected chi connectivity index (χ0v) is 8.26. The van der Waals surface area contributed by atoms with Crippen molar-refractivity contribution < 1.29 is 12.9 Å². The molecule has 0 aliphatic carbocycles. The van der Waals surface area contributed by atoms with E-state index in [9.17, 15) is 8.42 Å². The van der Waals surface area contributed by atoms with Crippen LogP contribution in [0.3, 0.4) is 0 Å². The molecule has 76 valence electrons. The lowest BCUT2D eigenvalue weighted by Crippen LogP contribution is -2.24. The average molecular weight is 215 g/mol. The van der Waals surface area contributed by atoms with E-state index in [2.05, 4.69) is 20.3 Å². The van der Waals surface area contributed by atoms with Gasteiger partial charge in [-0.25, -0.2) is 8.42 Å². The van der Waals surface area contributed by atoms with Gasteiger partial charge in [0.05, 0.1) is 6.54 Å². The second-order valence-corrected chi connectivity index (χ2v) is 4.19. The molecule has 1 aromatic heterocycles. The largest absolute Gasteiger partial charge is 0.380 e. The summed E-state index contributed by atoms with van der Waals surface area (Å²) >= 11 is 0. The zero-order valence-electron chi connectivity index (χ0n) is 7.44. The lowest BCUT2D eigenvalue weighted by atomic mass is 10.5. The van der Waals surface area contributed by atoms with Crippen LogP contribution in [0.4, 0.5) is 5.82 Å². The molecule has 0 aromatic carbocycles. The summed E-state index contributed by atoms with van der Waals surface area (Å²) in [4.78, 5) is -0.159. The topological polar surface area (TPSA) is 98.2 Å². The average Bonchev–Trinajstić information content (AvgIpc) is 2.43. The van der Waals surface area contributed by atoms with Crippen LogP contribution in [0.25, 0.3) is 0 Å². The molecule has 1 rings (SSSR count). The van der Waals surface area contributed by atoms with E-state index < -0.39 is 10.0 Å². The first-order valence-corrected chi connectivity index (χ1v) is 5.12. The van der Waals surface area contributed by atoms with Crippen LogP contribution in [0.15, 0.2) is 9.42 Å². The van der Waals surface area contributed by atoms with Crippen molar-refractivity contribution in [2.24, 2.45) is 0 Å². The molecule has 0 saturated carbocycles. The van der Waals surface area contributed by atoms with E-state index in [4.69, 9.17) is 12.2 Å². The molecule has 0 bridgehead atoms. The molecule has 0 spiro atoms. The predicted octanol–water partition coefficient (Wildman–Crippen LogP) is -0.523. The summed E-state index contributed by atoms with van der Waals surface area (Å²) in [7, 11) is -3.71. The molecular formula is C7H9N3O3S. The Morgan fingerprint density at radius 1 is 1.71 bits per heavy atom. The summed E-state index contributed by atoms with van der Waals surface area (Å²) in [6.07, 6.45) is 4.92. The number of nitrogens with one attached hydrogen (secondary N) is 1. The smallest absolute Gasteiger partial charge is 0.248 e. The third-order valence-corrected chi connectivity index (χ3v) is 3.02. The first-order valence-electron chi connectivity index (χ1n) is 3.64. The van der Waals surface area contributed by atoms with Crippen LogP contribution >= 0.6 is 0 Å². The van der Waals surface area contributed by atoms with Crippen molar-refractivity contribution in [2.45, 2.75) is 11.8 Å². The Kier molecular flexibility index (Phi) is 2.78. The minimum Gasteiger partial charge on any atom is -0.380 e. The number of aromatic nitrogens is 1. The van der Waals surface area contributed by atoms with E-state index in [1.54, 1.807) is 0 Å². The third kappa shape index (κ3) is 1.86. The fraction of sp³-hybridized carbons (Fsp3) is 0.286. The van der Waals surface area contributed by atoms with Gasteiger partial charge in [0.15, 0.2) is 16.5 Å². The van der Waals surface area contributed by atoms with Crippen molar-refractivity contribution in [1.82, 2.24) is 9.88 Å². The SMILES string of the molecule is C#CCNS(=O)(=O)c1c(N)noc1C. The van der Waals surface area contributed by atoms with Crippen molar-refractivity contribution >= 4 is 15.8 Å². The van der Waals surface area contributed by atoms with Crippen molar-refractivity contribution in [3.8, 4) is 12.3 Å². The molecule has 0 atom stereocenters. The quantitative estimate of drug-likeness (QED) is 0.661. The van der Waals surface area contributed by atoms with Crippen LogP contribution in [0.5, 0.6) is 0 Å². The van der Waals surface area contributed by atoms with Crippen LogP contribution in [0, 0.1) is 19.3 Å². The van der Waals surface area contributed by atoms with Crippen LogP contribution in [0.2, 0.25) is 0 Å². The van der Waals surface area contributed by atoms with Gasteiger partial charge in [0.1, 0.15) is 0 Å². The number of rotatable bonds is 3. The van der Waals surface area contributed by atoms with Crippen LogP contribution in [-0.4, -0.2) is 20.1 Å². The highest BCUT2D eigenvalue weighted by molar-refractivity contribution is 7.89. The molecule has 0 fully saturated rings. The Morgan fingerprint density at radius 3 is 2.79 bits per heavy atom. The highest BCUT2D eigenvalue weighted by Gasteiger charge is 2.24. The molecular weight excluding hydrogens is 206 g/mol. The third-order valence-electron chi connectivity index (χ3n) is 1.47. The maximum absolute atomic E-state index is 11.5. The highest BCUT2D eigenvalue weighted by atomic mass is 32.2. The summed E-state index contributed by atoms with van der Waals surface area (Å²) in [6, 6.07) is 0. The number of aryl methyl sites for hydroxylation is 1. The first kappa shape index (κ1) is 10.6. The van der Waals surface area contributed by atoms with Gasteiger partial charge in [-0.3, -0.25) is 0 Å². The molecule has 7 heteroatoms. The summed E-state index contributed by atoms with van der Waals surface area (Å²) in [5, 5.41) is 3.32. The highest BCUT2D eigenvalue weighted by Crippen LogP contribution is 2.20. The Hall–Kier alpha value is -1.52. The van der Waals surface area contributed by atoms with Crippen molar-refractivity contribution in [3.63, 3.8) is 0 Å². The molecule has 0 amide bonds. The van der Waals surface area contributed by atoms with E-state index in [-0.39, 0.29) is 23.0 Å². The summed E-state index contributed by atoms with van der Waals surface area (Å²) < 4.78 is 29.8. The number of nitrogens with two attached hydrogens (primary N) is 1. The Labute approximate surface area is 81.5 Å². The first-order chi connectivity index (χ1) is 6.49. The number of nitrogen functional groups attached to an aromatic ring is 1. The maximum atomic E-state index is 11.5. The number of hydrogen-bond acceptors (Lipinski definition) is 5. The van der Waals surface area contributed by atoms with Crippen molar-refractivity contribution in [3.05, 3.63) is 5.76 Å². The van der Waals surface area contributed by atoms with Gasteiger partial charge >= 0.3 is 0 Å². The molecule has 6 nitrogen and oxygen atoms in total. The van der Waals surface area contributed by atoms with Gasteiger partial charge in [-0.1, -0.05) is 11.1 Å². The Balaban J connectivity index is 3.11. The zero-order chi connectivity index (χ0) is 10.8. The van der Waals surface area contributed by atoms with E-state index >= 15 is 0 Å². The molecule has 14 heavy (non-hydrogen) atoms. The molecule has 1 aromatic rings. The van der Waals surface area contributed by atoms with Gasteiger partial charge in [-0.05, 0) is 6.92 Å². The predicted molar refractivity (Wildman–Crippen MR) is 49.7 cm³/mol. The van der Waals surface area contributed by atoms with Crippen LogP contribution < -0.4 is 10.5 Å². The maximum Gasteiger partial charge on any atom is 0.248 e. The summed E-state index contributed by atoms with van der Waals surface area (Å²) in [6.45, 7) is 1.35. The summed E-state index contributed by atoms with van der Waals surface area (Å²) in [5.74, 6) is 2.10. The molecule has 0 aliphatic rings. The van der Waals surface area contributed by atoms with Gasteiger partial charge in [0.2, 0.25) is 10.0 Å². The molecule has 3 N–H and O–H groups in total. The fourth-order valence-corrected chi connectivity index (χ4v) is 2.06. The number of hydrogen-bond donors (Lipinski definition) is 2. The fourth-order valence-electron chi connectivity index (χ4n) is 0.917. The monoisotopic (exact) mass is 215 g/mol. The van der Waals surface area contributed by atoms with Gasteiger partial charge in [0, 0.05) is 0 Å². The molecule has 1 heterocycles. The lowest BCUT2D eigenvalue weighted by molar-refractivity contribution is 0.396. The number of anilines is 1. The Morgan fingerprint density at radius 2 is 2.36 bits per heavy atom. The normalized spacial score (nSPS) is 11.1. The summed E-state index contributed by atoms with van der Waals surface area (Å²) in [5.41, 5.74) is 5.32. The van der Waals surface area contributed by atoms with Gasteiger partial charge in [0.25, 0.3) is 0 Å². The van der Waals surface area contributed by atoms with Gasteiger partial charge in [-0.15, -0.1) is 6.42 Å². The standard InChI is InChI=1S/C7H9N3O3S/c1-3-4-9-14(11,12)6-5(2)13-10-7(6)8/h1,9H,4H2,2H3,(H2,8,10). The van der Waals surface area contributed by atoms with Crippen LogP contribution in [-0.2, 0) is 10.0 Å². The number of sulfonamides is 1. The molecule has 0 unspecified atom stereocenters. The van der Waals surface area contributed by atoms with E-state index in [0.717, 1.165) is 0 Å². The van der Waals surface area contributed by atoms with E-state index in [0.29, 0.717) is 0 Å². The minimum absolute atomic E-state index is 0.105. The number of terminal acetylenes is 1. The second-order valence-electron chi connectivity index (χ2n) is 2.48. The lowest BCUT2D eigenvalue weighted by Gasteiger charge is -2.01. The van der Waals surface area contributed by atoms with E-state index in [1.165, 1.54) is 6.92 Å². The van der Waals surface area contributed by atoms with E-state index in [1.807, 2.05) is 0 Å².